The van der Waals surface area contributed by atoms with Gasteiger partial charge in [-0.05, 0) is 37.1 Å². The van der Waals surface area contributed by atoms with E-state index in [1.165, 1.54) is 0 Å². The number of rotatable bonds is 8. The standard InChI is InChI=1S/C23H26N2O2S/c1-17(2)13-25(23(26)19-11-9-18(3)10-12-19)14-20-16-28-22(24-20)15-27-21-7-5-4-6-8-21/h4-12,16-17H,13-15H2,1-3H3. The molecule has 1 heterocycles. The second-order valence-electron chi connectivity index (χ2n) is 7.28. The highest BCUT2D eigenvalue weighted by Gasteiger charge is 2.18. The number of ether oxygens (including phenoxy) is 1. The van der Waals surface area contributed by atoms with Crippen molar-refractivity contribution in [2.45, 2.75) is 33.9 Å². The number of benzene rings is 2. The second-order valence-corrected chi connectivity index (χ2v) is 8.22. The highest BCUT2D eigenvalue weighted by Crippen LogP contribution is 2.18. The summed E-state index contributed by atoms with van der Waals surface area (Å²) in [5, 5.41) is 2.92. The number of carbonyl (C=O) groups is 1. The molecular formula is C23H26N2O2S. The Kier molecular flexibility index (Phi) is 6.82. The minimum atomic E-state index is 0.0452. The van der Waals surface area contributed by atoms with Crippen LogP contribution < -0.4 is 4.74 Å². The lowest BCUT2D eigenvalue weighted by Gasteiger charge is -2.24. The molecule has 1 amide bonds. The molecule has 4 nitrogen and oxygen atoms in total. The fraction of sp³-hybridized carbons (Fsp3) is 0.304. The molecule has 0 saturated heterocycles. The molecule has 0 radical (unpaired) electrons. The summed E-state index contributed by atoms with van der Waals surface area (Å²) in [5.41, 5.74) is 2.77. The number of thiazole rings is 1. The molecule has 0 N–H and O–H groups in total. The van der Waals surface area contributed by atoms with Gasteiger partial charge in [0.15, 0.2) is 0 Å². The molecule has 0 aliphatic carbocycles. The van der Waals surface area contributed by atoms with Crippen molar-refractivity contribution < 1.29 is 9.53 Å². The summed E-state index contributed by atoms with van der Waals surface area (Å²) in [4.78, 5) is 19.5. The summed E-state index contributed by atoms with van der Waals surface area (Å²) in [5.74, 6) is 1.26. The topological polar surface area (TPSA) is 42.4 Å². The molecule has 3 rings (SSSR count). The normalized spacial score (nSPS) is 10.9. The quantitative estimate of drug-likeness (QED) is 0.519. The predicted molar refractivity (Wildman–Crippen MR) is 114 cm³/mol. The molecular weight excluding hydrogens is 368 g/mol. The van der Waals surface area contributed by atoms with Gasteiger partial charge in [0, 0.05) is 17.5 Å². The molecule has 0 saturated carbocycles. The lowest BCUT2D eigenvalue weighted by molar-refractivity contribution is 0.0720. The molecule has 3 aromatic rings. The van der Waals surface area contributed by atoms with Gasteiger partial charge in [0.25, 0.3) is 5.91 Å². The Morgan fingerprint density at radius 3 is 2.50 bits per heavy atom. The van der Waals surface area contributed by atoms with Crippen LogP contribution >= 0.6 is 11.3 Å². The Bertz CT molecular complexity index is 888. The Morgan fingerprint density at radius 1 is 1.11 bits per heavy atom. The fourth-order valence-electron chi connectivity index (χ4n) is 2.88. The van der Waals surface area contributed by atoms with Crippen LogP contribution in [-0.4, -0.2) is 22.3 Å². The van der Waals surface area contributed by atoms with Crippen LogP contribution in [0.2, 0.25) is 0 Å². The highest BCUT2D eigenvalue weighted by atomic mass is 32.1. The lowest BCUT2D eigenvalue weighted by Crippen LogP contribution is -2.33. The third-order valence-electron chi connectivity index (χ3n) is 4.23. The van der Waals surface area contributed by atoms with Gasteiger partial charge >= 0.3 is 0 Å². The Labute approximate surface area is 170 Å². The Morgan fingerprint density at radius 2 is 1.82 bits per heavy atom. The number of nitrogens with zero attached hydrogens (tertiary/aromatic N) is 2. The van der Waals surface area contributed by atoms with Crippen molar-refractivity contribution in [3.05, 3.63) is 81.8 Å². The first-order valence-electron chi connectivity index (χ1n) is 9.48. The maximum absolute atomic E-state index is 13.0. The van der Waals surface area contributed by atoms with Gasteiger partial charge in [0.1, 0.15) is 17.4 Å². The van der Waals surface area contributed by atoms with Gasteiger partial charge in [-0.1, -0.05) is 49.7 Å². The summed E-state index contributed by atoms with van der Waals surface area (Å²) in [6.45, 7) is 7.90. The zero-order chi connectivity index (χ0) is 19.9. The van der Waals surface area contributed by atoms with Gasteiger partial charge in [0.05, 0.1) is 12.2 Å². The van der Waals surface area contributed by atoms with Crippen LogP contribution in [0, 0.1) is 12.8 Å². The Hall–Kier alpha value is -2.66. The van der Waals surface area contributed by atoms with Gasteiger partial charge in [-0.25, -0.2) is 4.98 Å². The van der Waals surface area contributed by atoms with E-state index in [0.717, 1.165) is 22.0 Å². The van der Waals surface area contributed by atoms with Crippen LogP contribution in [-0.2, 0) is 13.2 Å². The highest BCUT2D eigenvalue weighted by molar-refractivity contribution is 7.09. The van der Waals surface area contributed by atoms with Gasteiger partial charge in [-0.3, -0.25) is 4.79 Å². The summed E-state index contributed by atoms with van der Waals surface area (Å²) < 4.78 is 5.77. The average Bonchev–Trinajstić information content (AvgIpc) is 3.14. The third-order valence-corrected chi connectivity index (χ3v) is 5.10. The van der Waals surface area contributed by atoms with E-state index in [1.54, 1.807) is 11.3 Å². The molecule has 1 aromatic heterocycles. The first-order chi connectivity index (χ1) is 13.5. The van der Waals surface area contributed by atoms with E-state index in [1.807, 2.05) is 71.8 Å². The second kappa shape index (κ2) is 9.51. The minimum Gasteiger partial charge on any atom is -0.486 e. The zero-order valence-corrected chi connectivity index (χ0v) is 17.4. The molecule has 0 bridgehead atoms. The third kappa shape index (κ3) is 5.67. The van der Waals surface area contributed by atoms with E-state index >= 15 is 0 Å². The van der Waals surface area contributed by atoms with Gasteiger partial charge in [0.2, 0.25) is 0 Å². The molecule has 0 spiro atoms. The zero-order valence-electron chi connectivity index (χ0n) is 16.6. The maximum Gasteiger partial charge on any atom is 0.254 e. The number of amides is 1. The van der Waals surface area contributed by atoms with Crippen molar-refractivity contribution in [2.75, 3.05) is 6.54 Å². The first-order valence-corrected chi connectivity index (χ1v) is 10.4. The molecule has 0 unspecified atom stereocenters. The number of hydrogen-bond donors (Lipinski definition) is 0. The number of aryl methyl sites for hydroxylation is 1. The summed E-state index contributed by atoms with van der Waals surface area (Å²) in [6.07, 6.45) is 0. The van der Waals surface area contributed by atoms with Crippen LogP contribution in [0.3, 0.4) is 0 Å². The van der Waals surface area contributed by atoms with Crippen molar-refractivity contribution >= 4 is 17.2 Å². The first kappa shape index (κ1) is 20.1. The molecule has 2 aromatic carbocycles. The fourth-order valence-corrected chi connectivity index (χ4v) is 3.58. The number of carbonyl (C=O) groups excluding carboxylic acids is 1. The summed E-state index contributed by atoms with van der Waals surface area (Å²) >= 11 is 1.57. The molecule has 0 aliphatic heterocycles. The van der Waals surface area contributed by atoms with E-state index < -0.39 is 0 Å². The van der Waals surface area contributed by atoms with Gasteiger partial charge < -0.3 is 9.64 Å². The number of hydrogen-bond acceptors (Lipinski definition) is 4. The number of aromatic nitrogens is 1. The average molecular weight is 395 g/mol. The molecule has 28 heavy (non-hydrogen) atoms. The van der Waals surface area contributed by atoms with Crippen LogP contribution in [0.1, 0.15) is 40.5 Å². The van der Waals surface area contributed by atoms with Crippen molar-refractivity contribution in [1.29, 1.82) is 0 Å². The summed E-state index contributed by atoms with van der Waals surface area (Å²) in [6, 6.07) is 17.5. The largest absolute Gasteiger partial charge is 0.486 e. The maximum atomic E-state index is 13.0. The van der Waals surface area contributed by atoms with E-state index in [4.69, 9.17) is 4.74 Å². The van der Waals surface area contributed by atoms with Gasteiger partial charge in [-0.15, -0.1) is 11.3 Å². The number of para-hydroxylation sites is 1. The van der Waals surface area contributed by atoms with E-state index in [0.29, 0.717) is 31.2 Å². The van der Waals surface area contributed by atoms with Gasteiger partial charge in [-0.2, -0.15) is 0 Å². The van der Waals surface area contributed by atoms with Crippen molar-refractivity contribution in [2.24, 2.45) is 5.92 Å². The van der Waals surface area contributed by atoms with Crippen molar-refractivity contribution in [3.8, 4) is 5.75 Å². The van der Waals surface area contributed by atoms with Crippen molar-refractivity contribution in [3.63, 3.8) is 0 Å². The molecule has 0 aliphatic rings. The molecule has 0 fully saturated rings. The molecule has 0 atom stereocenters. The molecule has 5 heteroatoms. The van der Waals surface area contributed by atoms with E-state index in [9.17, 15) is 4.79 Å². The van der Waals surface area contributed by atoms with Crippen molar-refractivity contribution in [1.82, 2.24) is 9.88 Å². The van der Waals surface area contributed by atoms with E-state index in [-0.39, 0.29) is 5.91 Å². The monoisotopic (exact) mass is 394 g/mol. The van der Waals surface area contributed by atoms with Crippen LogP contribution in [0.4, 0.5) is 0 Å². The van der Waals surface area contributed by atoms with Crippen LogP contribution in [0.15, 0.2) is 60.0 Å². The van der Waals surface area contributed by atoms with E-state index in [2.05, 4.69) is 18.8 Å². The molecule has 146 valence electrons. The lowest BCUT2D eigenvalue weighted by atomic mass is 10.1. The van der Waals surface area contributed by atoms with Crippen LogP contribution in [0.5, 0.6) is 5.75 Å². The SMILES string of the molecule is Cc1ccc(C(=O)N(Cc2csc(COc3ccccc3)n2)CC(C)C)cc1. The summed E-state index contributed by atoms with van der Waals surface area (Å²) in [7, 11) is 0. The smallest absolute Gasteiger partial charge is 0.254 e. The Balaban J connectivity index is 1.66. The van der Waals surface area contributed by atoms with Crippen LogP contribution in [0.25, 0.3) is 0 Å². The minimum absolute atomic E-state index is 0.0452. The predicted octanol–water partition coefficient (Wildman–Crippen LogP) is 5.33.